The van der Waals surface area contributed by atoms with Gasteiger partial charge in [-0.25, -0.2) is 4.98 Å². The number of fused-ring (bicyclic) bond motifs is 1. The zero-order valence-corrected chi connectivity index (χ0v) is 25.2. The van der Waals surface area contributed by atoms with Crippen molar-refractivity contribution < 1.29 is 19.0 Å². The van der Waals surface area contributed by atoms with Gasteiger partial charge in [0, 0.05) is 55.9 Å². The molecule has 2 aliphatic heterocycles. The van der Waals surface area contributed by atoms with E-state index in [2.05, 4.69) is 65.3 Å². The molecule has 0 N–H and O–H groups in total. The van der Waals surface area contributed by atoms with Gasteiger partial charge < -0.3 is 24.0 Å². The second-order valence-electron chi connectivity index (χ2n) is 10.9. The first-order valence-corrected chi connectivity index (χ1v) is 15.2. The number of anilines is 1. The molecule has 0 unspecified atom stereocenters. The van der Waals surface area contributed by atoms with Crippen LogP contribution in [0, 0.1) is 13.8 Å². The summed E-state index contributed by atoms with van der Waals surface area (Å²) in [6.45, 7) is 8.92. The summed E-state index contributed by atoms with van der Waals surface area (Å²) < 4.78 is 17.3. The molecule has 42 heavy (non-hydrogen) atoms. The molecule has 0 saturated carbocycles. The SMILES string of the molecule is Cc1cccc(N2CCN(C(=O)COc3ccc(-c4ccc5c(c4)OCO5)cc3CN(C)Cc3cscn3)CC2)c1C. The minimum absolute atomic E-state index is 0.00957. The van der Waals surface area contributed by atoms with Crippen LogP contribution in [0.15, 0.2) is 65.5 Å². The van der Waals surface area contributed by atoms with Gasteiger partial charge in [-0.15, -0.1) is 11.3 Å². The summed E-state index contributed by atoms with van der Waals surface area (Å²) in [6.07, 6.45) is 0. The van der Waals surface area contributed by atoms with Crippen LogP contribution in [0.5, 0.6) is 17.2 Å². The van der Waals surface area contributed by atoms with Crippen LogP contribution in [0.2, 0.25) is 0 Å². The third-order valence-corrected chi connectivity index (χ3v) is 8.66. The number of carbonyl (C=O) groups is 1. The quantitative estimate of drug-likeness (QED) is 0.257. The number of aromatic nitrogens is 1. The molecule has 0 radical (unpaired) electrons. The Hall–Kier alpha value is -4.08. The molecule has 1 saturated heterocycles. The minimum Gasteiger partial charge on any atom is -0.483 e. The number of aryl methyl sites for hydroxylation is 1. The molecule has 218 valence electrons. The van der Waals surface area contributed by atoms with Crippen LogP contribution < -0.4 is 19.1 Å². The van der Waals surface area contributed by atoms with Gasteiger partial charge in [0.15, 0.2) is 18.1 Å². The molecule has 0 bridgehead atoms. The summed E-state index contributed by atoms with van der Waals surface area (Å²) in [5.41, 5.74) is 9.83. The van der Waals surface area contributed by atoms with E-state index in [1.165, 1.54) is 16.8 Å². The van der Waals surface area contributed by atoms with Crippen molar-refractivity contribution >= 4 is 22.9 Å². The molecule has 0 atom stereocenters. The van der Waals surface area contributed by atoms with Crippen LogP contribution in [0.4, 0.5) is 5.69 Å². The van der Waals surface area contributed by atoms with Crippen molar-refractivity contribution in [3.63, 3.8) is 0 Å². The lowest BCUT2D eigenvalue weighted by Gasteiger charge is -2.37. The van der Waals surface area contributed by atoms with Crippen LogP contribution in [0.25, 0.3) is 11.1 Å². The van der Waals surface area contributed by atoms with Gasteiger partial charge in [0.1, 0.15) is 5.75 Å². The molecular weight excluding hydrogens is 548 g/mol. The standard InChI is InChI=1S/C33H36N4O4S/c1-23-5-4-6-29(24(23)2)36-11-13-37(14-12-36)33(38)19-39-30-9-7-25(26-8-10-31-32(16-26)41-22-40-31)15-27(30)17-35(3)18-28-20-42-21-34-28/h4-10,15-16,20-21H,11-14,17-19,22H2,1-3H3. The molecule has 1 aromatic heterocycles. The summed E-state index contributed by atoms with van der Waals surface area (Å²) in [5, 5.41) is 2.07. The molecule has 3 heterocycles. The first-order chi connectivity index (χ1) is 20.4. The second kappa shape index (κ2) is 12.4. The average Bonchev–Trinajstić information content (AvgIpc) is 3.69. The highest BCUT2D eigenvalue weighted by atomic mass is 32.1. The molecule has 6 rings (SSSR count). The van der Waals surface area contributed by atoms with Crippen molar-refractivity contribution in [3.8, 4) is 28.4 Å². The maximum atomic E-state index is 13.2. The van der Waals surface area contributed by atoms with Gasteiger partial charge in [-0.1, -0.05) is 24.3 Å². The average molecular weight is 585 g/mol. The van der Waals surface area contributed by atoms with Gasteiger partial charge in [0.2, 0.25) is 6.79 Å². The number of piperazine rings is 1. The number of rotatable bonds is 9. The number of benzene rings is 3. The maximum absolute atomic E-state index is 13.2. The molecule has 8 nitrogen and oxygen atoms in total. The van der Waals surface area contributed by atoms with Crippen molar-refractivity contribution in [3.05, 3.63) is 87.9 Å². The Morgan fingerprint density at radius 2 is 1.76 bits per heavy atom. The van der Waals surface area contributed by atoms with E-state index in [-0.39, 0.29) is 19.3 Å². The van der Waals surface area contributed by atoms with E-state index in [0.29, 0.717) is 25.4 Å². The van der Waals surface area contributed by atoms with Gasteiger partial charge in [-0.05, 0) is 73.5 Å². The maximum Gasteiger partial charge on any atom is 0.260 e. The highest BCUT2D eigenvalue weighted by Gasteiger charge is 2.23. The normalized spacial score (nSPS) is 14.5. The van der Waals surface area contributed by atoms with Crippen LogP contribution in [0.3, 0.4) is 0 Å². The lowest BCUT2D eigenvalue weighted by Crippen LogP contribution is -2.50. The lowest BCUT2D eigenvalue weighted by atomic mass is 10.0. The first kappa shape index (κ1) is 28.1. The third kappa shape index (κ3) is 6.22. The summed E-state index contributed by atoms with van der Waals surface area (Å²) >= 11 is 1.60. The lowest BCUT2D eigenvalue weighted by molar-refractivity contribution is -0.133. The monoisotopic (exact) mass is 584 g/mol. The Bertz CT molecular complexity index is 1550. The van der Waals surface area contributed by atoms with Crippen LogP contribution in [-0.4, -0.2) is 67.3 Å². The fourth-order valence-corrected chi connectivity index (χ4v) is 6.09. The van der Waals surface area contributed by atoms with E-state index < -0.39 is 0 Å². The molecule has 9 heteroatoms. The van der Waals surface area contributed by atoms with Gasteiger partial charge in [-0.2, -0.15) is 0 Å². The Labute approximate surface area is 251 Å². The van der Waals surface area contributed by atoms with E-state index in [4.69, 9.17) is 14.2 Å². The second-order valence-corrected chi connectivity index (χ2v) is 11.6. The smallest absolute Gasteiger partial charge is 0.260 e. The summed E-state index contributed by atoms with van der Waals surface area (Å²) in [6, 6.07) is 18.5. The number of hydrogen-bond acceptors (Lipinski definition) is 8. The Morgan fingerprint density at radius 1 is 0.976 bits per heavy atom. The molecular formula is C33H36N4O4S. The van der Waals surface area contributed by atoms with Crippen LogP contribution >= 0.6 is 11.3 Å². The van der Waals surface area contributed by atoms with Crippen LogP contribution in [-0.2, 0) is 17.9 Å². The molecule has 4 aromatic rings. The predicted octanol–water partition coefficient (Wildman–Crippen LogP) is 5.52. The van der Waals surface area contributed by atoms with Crippen molar-refractivity contribution in [2.75, 3.05) is 51.5 Å². The molecule has 1 amide bonds. The fraction of sp³-hybridized carbons (Fsp3) is 0.333. The molecule has 1 fully saturated rings. The largest absolute Gasteiger partial charge is 0.483 e. The van der Waals surface area contributed by atoms with Crippen molar-refractivity contribution in [1.82, 2.24) is 14.8 Å². The Morgan fingerprint density at radius 3 is 2.57 bits per heavy atom. The summed E-state index contributed by atoms with van der Waals surface area (Å²) in [4.78, 5) is 24.1. The van der Waals surface area contributed by atoms with E-state index >= 15 is 0 Å². The summed E-state index contributed by atoms with van der Waals surface area (Å²) in [5.74, 6) is 2.23. The number of carbonyl (C=O) groups excluding carboxylic acids is 1. The van der Waals surface area contributed by atoms with E-state index in [0.717, 1.165) is 53.5 Å². The van der Waals surface area contributed by atoms with Gasteiger partial charge in [0.25, 0.3) is 5.91 Å². The third-order valence-electron chi connectivity index (χ3n) is 8.02. The first-order valence-electron chi connectivity index (χ1n) is 14.2. The number of amides is 1. The van der Waals surface area contributed by atoms with Gasteiger partial charge in [-0.3, -0.25) is 9.69 Å². The van der Waals surface area contributed by atoms with Crippen molar-refractivity contribution in [2.24, 2.45) is 0 Å². The molecule has 2 aliphatic rings. The molecule has 3 aromatic carbocycles. The highest BCUT2D eigenvalue weighted by Crippen LogP contribution is 2.37. The number of ether oxygens (including phenoxy) is 3. The molecule has 0 spiro atoms. The fourth-order valence-electron chi connectivity index (χ4n) is 5.54. The Balaban J connectivity index is 1.14. The Kier molecular flexibility index (Phi) is 8.30. The van der Waals surface area contributed by atoms with E-state index in [1.54, 1.807) is 11.3 Å². The van der Waals surface area contributed by atoms with E-state index in [1.807, 2.05) is 40.7 Å². The van der Waals surface area contributed by atoms with Crippen LogP contribution in [0.1, 0.15) is 22.4 Å². The van der Waals surface area contributed by atoms with Crippen molar-refractivity contribution in [1.29, 1.82) is 0 Å². The predicted molar refractivity (Wildman–Crippen MR) is 165 cm³/mol. The number of hydrogen-bond donors (Lipinski definition) is 0. The highest BCUT2D eigenvalue weighted by molar-refractivity contribution is 7.07. The molecule has 0 aliphatic carbocycles. The van der Waals surface area contributed by atoms with Gasteiger partial charge >= 0.3 is 0 Å². The summed E-state index contributed by atoms with van der Waals surface area (Å²) in [7, 11) is 2.07. The minimum atomic E-state index is 0.00957. The number of thiazole rings is 1. The zero-order chi connectivity index (χ0) is 29.1. The van der Waals surface area contributed by atoms with E-state index in [9.17, 15) is 4.79 Å². The topological polar surface area (TPSA) is 67.4 Å². The van der Waals surface area contributed by atoms with Gasteiger partial charge in [0.05, 0.1) is 11.2 Å². The number of nitrogens with zero attached hydrogens (tertiary/aromatic N) is 4. The van der Waals surface area contributed by atoms with Crippen molar-refractivity contribution in [2.45, 2.75) is 26.9 Å². The zero-order valence-electron chi connectivity index (χ0n) is 24.3.